The van der Waals surface area contributed by atoms with Crippen molar-refractivity contribution in [2.45, 2.75) is 25.0 Å². The highest BCUT2D eigenvalue weighted by Crippen LogP contribution is 2.33. The molecule has 0 bridgehead atoms. The molecule has 1 amide bonds. The van der Waals surface area contributed by atoms with Gasteiger partial charge in [-0.25, -0.2) is 9.18 Å². The molecule has 1 aliphatic heterocycles. The van der Waals surface area contributed by atoms with Crippen molar-refractivity contribution in [3.63, 3.8) is 0 Å². The van der Waals surface area contributed by atoms with E-state index >= 15 is 0 Å². The fourth-order valence-electron chi connectivity index (χ4n) is 3.43. The third-order valence-corrected chi connectivity index (χ3v) is 6.32. The molecule has 3 aromatic rings. The van der Waals surface area contributed by atoms with Gasteiger partial charge in [-0.05, 0) is 42.8 Å². The van der Waals surface area contributed by atoms with Gasteiger partial charge in [0.1, 0.15) is 18.0 Å². The molecule has 0 unspecified atom stereocenters. The lowest BCUT2D eigenvalue weighted by atomic mass is 10.1. The zero-order valence-electron chi connectivity index (χ0n) is 16.8. The van der Waals surface area contributed by atoms with Crippen molar-refractivity contribution < 1.29 is 18.3 Å². The summed E-state index contributed by atoms with van der Waals surface area (Å²) in [7, 11) is 1.60. The molecular formula is C21H21FN4O4S. The molecule has 1 aromatic carbocycles. The summed E-state index contributed by atoms with van der Waals surface area (Å²) in [6, 6.07) is 7.73. The van der Waals surface area contributed by atoms with Crippen LogP contribution in [0.25, 0.3) is 21.5 Å². The number of benzene rings is 1. The van der Waals surface area contributed by atoms with E-state index in [9.17, 15) is 19.2 Å². The molecule has 8 nitrogen and oxygen atoms in total. The number of fused-ring (bicyclic) bond motifs is 1. The zero-order valence-corrected chi connectivity index (χ0v) is 17.6. The Morgan fingerprint density at radius 2 is 2.32 bits per heavy atom. The summed E-state index contributed by atoms with van der Waals surface area (Å²) in [5.74, 6) is -1.29. The standard InChI is InChI=1S/C21H21FN4O4S/c1-26-15-7-12(3-4-16(15)30-21(26)28)18-9-14(22)19(31-18)8-13(10-23)25-20(27)17-11-24-5-2-6-29-17/h3-4,7,9,13,17,24H,2,5-6,8,11H2,1H3,(H,25,27)/t13-,17-/m0/s1. The maximum atomic E-state index is 14.6. The van der Waals surface area contributed by atoms with Crippen LogP contribution in [0, 0.1) is 17.1 Å². The Morgan fingerprint density at radius 1 is 1.48 bits per heavy atom. The van der Waals surface area contributed by atoms with E-state index in [1.165, 1.54) is 22.0 Å². The van der Waals surface area contributed by atoms with E-state index in [1.54, 1.807) is 25.2 Å². The Kier molecular flexibility index (Phi) is 6.18. The molecule has 2 atom stereocenters. The Labute approximate surface area is 181 Å². The quantitative estimate of drug-likeness (QED) is 0.622. The zero-order chi connectivity index (χ0) is 22.0. The van der Waals surface area contributed by atoms with Crippen LogP contribution in [0.4, 0.5) is 4.39 Å². The van der Waals surface area contributed by atoms with Gasteiger partial charge in [0.2, 0.25) is 0 Å². The topological polar surface area (TPSA) is 109 Å². The maximum absolute atomic E-state index is 14.6. The monoisotopic (exact) mass is 444 g/mol. The van der Waals surface area contributed by atoms with Crippen LogP contribution in [0.1, 0.15) is 11.3 Å². The molecule has 31 heavy (non-hydrogen) atoms. The van der Waals surface area contributed by atoms with E-state index < -0.39 is 23.7 Å². The third kappa shape index (κ3) is 4.54. The number of aryl methyl sites for hydroxylation is 1. The van der Waals surface area contributed by atoms with E-state index in [1.807, 2.05) is 6.07 Å². The number of carbonyl (C=O) groups is 1. The number of ether oxygens (including phenoxy) is 1. The minimum atomic E-state index is -0.877. The summed E-state index contributed by atoms with van der Waals surface area (Å²) < 4.78 is 26.6. The largest absolute Gasteiger partial charge is 0.419 e. The van der Waals surface area contributed by atoms with Crippen molar-refractivity contribution in [2.75, 3.05) is 19.7 Å². The molecule has 2 N–H and O–H groups in total. The van der Waals surface area contributed by atoms with Crippen LogP contribution in [0.2, 0.25) is 0 Å². The number of nitrogens with one attached hydrogen (secondary N) is 2. The van der Waals surface area contributed by atoms with E-state index in [-0.39, 0.29) is 12.3 Å². The summed E-state index contributed by atoms with van der Waals surface area (Å²) in [6.07, 6.45) is 0.189. The van der Waals surface area contributed by atoms with E-state index in [4.69, 9.17) is 9.15 Å². The molecule has 3 heterocycles. The molecule has 2 aromatic heterocycles. The number of nitriles is 1. The number of oxazole rings is 1. The van der Waals surface area contributed by atoms with Gasteiger partial charge < -0.3 is 19.8 Å². The second kappa shape index (κ2) is 9.01. The van der Waals surface area contributed by atoms with Crippen molar-refractivity contribution in [1.29, 1.82) is 5.26 Å². The summed E-state index contributed by atoms with van der Waals surface area (Å²) in [5.41, 5.74) is 1.79. The lowest BCUT2D eigenvalue weighted by Gasteiger charge is -2.17. The van der Waals surface area contributed by atoms with Gasteiger partial charge in [-0.2, -0.15) is 5.26 Å². The summed E-state index contributed by atoms with van der Waals surface area (Å²) >= 11 is 1.20. The first-order valence-electron chi connectivity index (χ1n) is 9.86. The lowest BCUT2D eigenvalue weighted by Crippen LogP contribution is -2.46. The van der Waals surface area contributed by atoms with Gasteiger partial charge >= 0.3 is 5.76 Å². The molecule has 0 radical (unpaired) electrons. The van der Waals surface area contributed by atoms with E-state index in [2.05, 4.69) is 10.6 Å². The summed E-state index contributed by atoms with van der Waals surface area (Å²) in [4.78, 5) is 25.1. The van der Waals surface area contributed by atoms with Gasteiger partial charge in [-0.15, -0.1) is 11.3 Å². The van der Waals surface area contributed by atoms with Gasteiger partial charge in [-0.3, -0.25) is 9.36 Å². The Bertz CT molecular complexity index is 1200. The van der Waals surface area contributed by atoms with Gasteiger partial charge in [0.15, 0.2) is 5.58 Å². The molecule has 1 aliphatic rings. The Morgan fingerprint density at radius 3 is 3.13 bits per heavy atom. The number of hydrogen-bond donors (Lipinski definition) is 2. The smallest absolute Gasteiger partial charge is 0.408 e. The number of carbonyl (C=O) groups excluding carboxylic acids is 1. The predicted octanol–water partition coefficient (Wildman–Crippen LogP) is 1.93. The summed E-state index contributed by atoms with van der Waals surface area (Å²) in [6.45, 7) is 1.62. The van der Waals surface area contributed by atoms with Crippen LogP contribution in [0.5, 0.6) is 0 Å². The van der Waals surface area contributed by atoms with E-state index in [0.717, 1.165) is 18.5 Å². The van der Waals surface area contributed by atoms with Gasteiger partial charge in [0.05, 0.1) is 11.6 Å². The van der Waals surface area contributed by atoms with Crippen LogP contribution in [0.15, 0.2) is 33.5 Å². The fraction of sp³-hybridized carbons (Fsp3) is 0.381. The molecule has 162 valence electrons. The molecular weight excluding hydrogens is 423 g/mol. The first kappa shape index (κ1) is 21.2. The maximum Gasteiger partial charge on any atom is 0.419 e. The summed E-state index contributed by atoms with van der Waals surface area (Å²) in [5, 5.41) is 15.2. The first-order chi connectivity index (χ1) is 15.0. The normalized spacial score (nSPS) is 17.8. The fourth-order valence-corrected chi connectivity index (χ4v) is 4.51. The third-order valence-electron chi connectivity index (χ3n) is 5.13. The highest BCUT2D eigenvalue weighted by molar-refractivity contribution is 7.15. The molecule has 1 fully saturated rings. The number of rotatable bonds is 5. The predicted molar refractivity (Wildman–Crippen MR) is 113 cm³/mol. The van der Waals surface area contributed by atoms with Crippen molar-refractivity contribution in [3.8, 4) is 16.5 Å². The Hall–Kier alpha value is -3.00. The van der Waals surface area contributed by atoms with Crippen LogP contribution in [-0.2, 0) is 23.0 Å². The van der Waals surface area contributed by atoms with Gasteiger partial charge in [0.25, 0.3) is 5.91 Å². The van der Waals surface area contributed by atoms with Gasteiger partial charge in [-0.1, -0.05) is 0 Å². The number of aromatic nitrogens is 1. The molecule has 0 spiro atoms. The van der Waals surface area contributed by atoms with Crippen molar-refractivity contribution in [1.82, 2.24) is 15.2 Å². The van der Waals surface area contributed by atoms with E-state index in [0.29, 0.717) is 34.0 Å². The van der Waals surface area contributed by atoms with Crippen LogP contribution in [0.3, 0.4) is 0 Å². The van der Waals surface area contributed by atoms with Crippen molar-refractivity contribution >= 4 is 28.3 Å². The average Bonchev–Trinajstić information content (AvgIpc) is 3.11. The van der Waals surface area contributed by atoms with Crippen LogP contribution >= 0.6 is 11.3 Å². The molecule has 0 saturated carbocycles. The minimum Gasteiger partial charge on any atom is -0.408 e. The SMILES string of the molecule is Cn1c(=O)oc2ccc(-c3cc(F)c(C[C@@H](C#N)NC(=O)[C@@H]4CNCCCO4)s3)cc21. The highest BCUT2D eigenvalue weighted by Gasteiger charge is 2.24. The Balaban J connectivity index is 1.50. The lowest BCUT2D eigenvalue weighted by molar-refractivity contribution is -0.132. The molecule has 1 saturated heterocycles. The van der Waals surface area contributed by atoms with Crippen molar-refractivity contribution in [2.24, 2.45) is 7.05 Å². The van der Waals surface area contributed by atoms with Crippen LogP contribution < -0.4 is 16.4 Å². The van der Waals surface area contributed by atoms with Crippen LogP contribution in [-0.4, -0.2) is 42.3 Å². The number of amides is 1. The second-order valence-electron chi connectivity index (χ2n) is 7.30. The average molecular weight is 444 g/mol. The minimum absolute atomic E-state index is 0.0470. The highest BCUT2D eigenvalue weighted by atomic mass is 32.1. The number of thiophene rings is 1. The number of nitrogens with zero attached hydrogens (tertiary/aromatic N) is 2. The van der Waals surface area contributed by atoms with Gasteiger partial charge in [0, 0.05) is 36.4 Å². The molecule has 0 aliphatic carbocycles. The first-order valence-corrected chi connectivity index (χ1v) is 10.7. The number of hydrogen-bond acceptors (Lipinski definition) is 7. The molecule has 10 heteroatoms. The van der Waals surface area contributed by atoms with Crippen molar-refractivity contribution in [3.05, 3.63) is 45.5 Å². The second-order valence-corrected chi connectivity index (χ2v) is 8.44. The number of halogens is 1. The molecule has 4 rings (SSSR count).